The lowest BCUT2D eigenvalue weighted by Crippen LogP contribution is -2.03. The molecule has 12 aromatic rings. The SMILES string of the molecule is CCc1ccnc2c(F)cc(-c3nnc(N)nc3-c3ccccc3)cc12.CCc1ccnc2c(F)cc(-c3nnc(N)nc3-c3ccccc3)cc12.CCc1ccnc2c(F)cc(Br)cc12.Cc1ccnc2c(F)cc(Br)cc12. The van der Waals surface area contributed by atoms with Gasteiger partial charge in [-0.1, -0.05) is 113 Å². The lowest BCUT2D eigenvalue weighted by molar-refractivity contribution is 0.635. The van der Waals surface area contributed by atoms with Gasteiger partial charge in [-0.05, 0) is 121 Å². The van der Waals surface area contributed by atoms with E-state index in [9.17, 15) is 17.6 Å². The van der Waals surface area contributed by atoms with E-state index in [1.165, 1.54) is 24.3 Å². The van der Waals surface area contributed by atoms with Crippen LogP contribution in [-0.4, -0.2) is 50.3 Å². The predicted octanol–water partition coefficient (Wildman–Crippen LogP) is 15.2. The van der Waals surface area contributed by atoms with Crippen LogP contribution in [0.3, 0.4) is 0 Å². The van der Waals surface area contributed by atoms with Crippen LogP contribution in [0.4, 0.5) is 29.5 Å². The molecule has 0 saturated heterocycles. The van der Waals surface area contributed by atoms with Gasteiger partial charge in [0.25, 0.3) is 0 Å². The van der Waals surface area contributed by atoms with Gasteiger partial charge in [0.05, 0.1) is 0 Å². The molecule has 0 spiro atoms. The molecule has 0 saturated carbocycles. The molecule has 79 heavy (non-hydrogen) atoms. The molecule has 0 atom stereocenters. The zero-order valence-corrected chi connectivity index (χ0v) is 46.2. The second-order valence-electron chi connectivity index (χ2n) is 17.8. The molecule has 0 aliphatic carbocycles. The van der Waals surface area contributed by atoms with E-state index in [1.54, 1.807) is 24.8 Å². The molecule has 394 valence electrons. The maximum absolute atomic E-state index is 14.7. The number of halogens is 6. The van der Waals surface area contributed by atoms with Crippen LogP contribution in [0.2, 0.25) is 0 Å². The molecular weight excluding hydrogens is 1140 g/mol. The Morgan fingerprint density at radius 2 is 0.722 bits per heavy atom. The number of benzene rings is 6. The third-order valence-corrected chi connectivity index (χ3v) is 13.7. The average Bonchev–Trinajstić information content (AvgIpc) is 3.48. The summed E-state index contributed by atoms with van der Waals surface area (Å²) in [7, 11) is 0. The standard InChI is InChI=1S/2C20H16FN5.C11H9BrFN.C10H7BrFN/c2*1-2-12-8-9-23-19-15(12)10-14(11-16(19)21)18-17(24-20(22)26-25-18)13-6-4-3-5-7-13;1-2-7-3-4-14-11-9(7)5-8(12)6-10(11)13;1-6-2-3-13-10-8(6)4-7(11)5-9(10)12/h2*3-11H,2H2,1H3,(H2,22,24,26);3-6H,2H2,1H3;2-5H,1H3. The summed E-state index contributed by atoms with van der Waals surface area (Å²) in [6.45, 7) is 8.04. The number of pyridine rings is 4. The molecule has 0 fully saturated rings. The minimum absolute atomic E-state index is 0.0739. The molecule has 0 bridgehead atoms. The monoisotopic (exact) mass is 1180 g/mol. The summed E-state index contributed by atoms with van der Waals surface area (Å²) in [4.78, 5) is 25.0. The maximum Gasteiger partial charge on any atom is 0.240 e. The van der Waals surface area contributed by atoms with Gasteiger partial charge in [-0.2, -0.15) is 0 Å². The van der Waals surface area contributed by atoms with Crippen LogP contribution in [0, 0.1) is 30.2 Å². The van der Waals surface area contributed by atoms with E-state index < -0.39 is 11.6 Å². The van der Waals surface area contributed by atoms with E-state index >= 15 is 0 Å². The Labute approximate surface area is 468 Å². The van der Waals surface area contributed by atoms with Crippen LogP contribution in [0.25, 0.3) is 88.6 Å². The van der Waals surface area contributed by atoms with Crippen LogP contribution in [-0.2, 0) is 19.3 Å². The highest BCUT2D eigenvalue weighted by atomic mass is 79.9. The van der Waals surface area contributed by atoms with Crippen molar-refractivity contribution in [2.24, 2.45) is 0 Å². The van der Waals surface area contributed by atoms with E-state index in [1.807, 2.05) is 137 Å². The Morgan fingerprint density at radius 1 is 0.380 bits per heavy atom. The van der Waals surface area contributed by atoms with Crippen molar-refractivity contribution in [3.63, 3.8) is 0 Å². The van der Waals surface area contributed by atoms with Crippen molar-refractivity contribution in [1.82, 2.24) is 50.3 Å². The molecule has 6 aromatic carbocycles. The zero-order chi connectivity index (χ0) is 55.7. The van der Waals surface area contributed by atoms with Gasteiger partial charge in [-0.25, -0.2) is 27.5 Å². The Bertz CT molecular complexity index is 4000. The van der Waals surface area contributed by atoms with Gasteiger partial charge in [0.1, 0.15) is 56.5 Å². The van der Waals surface area contributed by atoms with Gasteiger partial charge in [-0.15, -0.1) is 20.4 Å². The fraction of sp³-hybridized carbons (Fsp3) is 0.115. The van der Waals surface area contributed by atoms with Gasteiger partial charge in [0.15, 0.2) is 11.6 Å². The fourth-order valence-electron chi connectivity index (χ4n) is 8.94. The Kier molecular flexibility index (Phi) is 17.2. The van der Waals surface area contributed by atoms with E-state index in [4.69, 9.17) is 11.5 Å². The molecule has 6 aromatic heterocycles. The summed E-state index contributed by atoms with van der Waals surface area (Å²) in [6, 6.07) is 39.9. The minimum atomic E-state index is -0.398. The summed E-state index contributed by atoms with van der Waals surface area (Å²) in [5.41, 5.74) is 22.2. The Morgan fingerprint density at radius 3 is 1.11 bits per heavy atom. The Balaban J connectivity index is 0.000000134. The molecule has 18 heteroatoms. The molecule has 0 amide bonds. The van der Waals surface area contributed by atoms with E-state index in [-0.39, 0.29) is 23.5 Å². The molecular formula is C61H48Br2F4N12. The Hall–Kier alpha value is -8.74. The van der Waals surface area contributed by atoms with Crippen LogP contribution in [0.5, 0.6) is 0 Å². The highest BCUT2D eigenvalue weighted by Gasteiger charge is 2.19. The lowest BCUT2D eigenvalue weighted by Gasteiger charge is -2.11. The van der Waals surface area contributed by atoms with Gasteiger partial charge >= 0.3 is 0 Å². The number of anilines is 2. The number of hydrogen-bond donors (Lipinski definition) is 2. The van der Waals surface area contributed by atoms with Gasteiger partial charge in [0.2, 0.25) is 11.9 Å². The minimum Gasteiger partial charge on any atom is -0.366 e. The van der Waals surface area contributed by atoms with Gasteiger partial charge in [0, 0.05) is 77.5 Å². The molecule has 0 aliphatic rings. The smallest absolute Gasteiger partial charge is 0.240 e. The van der Waals surface area contributed by atoms with Crippen LogP contribution < -0.4 is 11.5 Å². The first kappa shape index (κ1) is 55.0. The van der Waals surface area contributed by atoms with E-state index in [0.717, 1.165) is 83.1 Å². The predicted molar refractivity (Wildman–Crippen MR) is 312 cm³/mol. The first-order valence-corrected chi connectivity index (χ1v) is 26.5. The number of nitrogen functional groups attached to an aromatic ring is 2. The number of nitrogens with two attached hydrogens (primary N) is 2. The van der Waals surface area contributed by atoms with Crippen molar-refractivity contribution in [3.05, 3.63) is 213 Å². The molecule has 0 unspecified atom stereocenters. The molecule has 6 heterocycles. The summed E-state index contributed by atoms with van der Waals surface area (Å²) in [5, 5.41) is 19.4. The normalized spacial score (nSPS) is 10.9. The van der Waals surface area contributed by atoms with Crippen molar-refractivity contribution < 1.29 is 17.6 Å². The second-order valence-corrected chi connectivity index (χ2v) is 19.7. The highest BCUT2D eigenvalue weighted by molar-refractivity contribution is 9.10. The molecule has 0 aliphatic heterocycles. The number of aryl methyl sites for hydroxylation is 4. The van der Waals surface area contributed by atoms with Crippen molar-refractivity contribution >= 4 is 87.4 Å². The van der Waals surface area contributed by atoms with Crippen LogP contribution in [0.1, 0.15) is 43.0 Å². The largest absolute Gasteiger partial charge is 0.366 e. The first-order chi connectivity index (χ1) is 38.2. The lowest BCUT2D eigenvalue weighted by atomic mass is 9.99. The topological polar surface area (TPSA) is 181 Å². The zero-order valence-electron chi connectivity index (χ0n) is 43.0. The maximum atomic E-state index is 14.7. The van der Waals surface area contributed by atoms with Crippen molar-refractivity contribution in [1.29, 1.82) is 0 Å². The third kappa shape index (κ3) is 12.4. The number of aromatic nitrogens is 10. The number of fused-ring (bicyclic) bond motifs is 4. The van der Waals surface area contributed by atoms with E-state index in [0.29, 0.717) is 56.0 Å². The molecule has 12 nitrogen and oxygen atoms in total. The average molecular weight is 1180 g/mol. The third-order valence-electron chi connectivity index (χ3n) is 12.8. The van der Waals surface area contributed by atoms with Gasteiger partial charge < -0.3 is 11.5 Å². The summed E-state index contributed by atoms with van der Waals surface area (Å²) >= 11 is 6.53. The summed E-state index contributed by atoms with van der Waals surface area (Å²) in [5.74, 6) is -1.21. The molecule has 12 rings (SSSR count). The van der Waals surface area contributed by atoms with Crippen LogP contribution >= 0.6 is 31.9 Å². The fourth-order valence-corrected chi connectivity index (χ4v) is 9.80. The number of nitrogens with zero attached hydrogens (tertiary/aromatic N) is 10. The second kappa shape index (κ2) is 24.7. The highest BCUT2D eigenvalue weighted by Crippen LogP contribution is 2.35. The number of rotatable bonds is 7. The van der Waals surface area contributed by atoms with Gasteiger partial charge in [-0.3, -0.25) is 19.9 Å². The number of hydrogen-bond acceptors (Lipinski definition) is 12. The molecule has 4 N–H and O–H groups in total. The van der Waals surface area contributed by atoms with Crippen molar-refractivity contribution in [3.8, 4) is 45.0 Å². The molecule has 0 radical (unpaired) electrons. The quantitative estimate of drug-likeness (QED) is 0.144. The van der Waals surface area contributed by atoms with Crippen molar-refractivity contribution in [2.45, 2.75) is 47.0 Å². The van der Waals surface area contributed by atoms with Crippen molar-refractivity contribution in [2.75, 3.05) is 11.5 Å². The van der Waals surface area contributed by atoms with E-state index in [2.05, 4.69) is 82.2 Å². The first-order valence-electron chi connectivity index (χ1n) is 24.9. The van der Waals surface area contributed by atoms with Crippen LogP contribution in [0.15, 0.2) is 167 Å². The summed E-state index contributed by atoms with van der Waals surface area (Å²) in [6.07, 6.45) is 8.97. The summed E-state index contributed by atoms with van der Waals surface area (Å²) < 4.78 is 57.7.